The largest absolute Gasteiger partial charge is 0.435 e. The summed E-state index contributed by atoms with van der Waals surface area (Å²) >= 11 is 4.46. The Kier molecular flexibility index (Phi) is 6.00. The minimum Gasteiger partial charge on any atom is -0.435 e. The Morgan fingerprint density at radius 2 is 1.81 bits per heavy atom. The molecule has 0 spiro atoms. The van der Waals surface area contributed by atoms with Crippen molar-refractivity contribution in [2.75, 3.05) is 5.75 Å². The van der Waals surface area contributed by atoms with Crippen LogP contribution in [0.4, 0.5) is 8.78 Å². The van der Waals surface area contributed by atoms with E-state index in [0.29, 0.717) is 11.5 Å². The van der Waals surface area contributed by atoms with Crippen molar-refractivity contribution >= 4 is 33.5 Å². The fourth-order valence-corrected chi connectivity index (χ4v) is 2.93. The predicted molar refractivity (Wildman–Crippen MR) is 95.6 cm³/mol. The second-order valence-electron chi connectivity index (χ2n) is 4.99. The van der Waals surface area contributed by atoms with Crippen molar-refractivity contribution in [3.05, 3.63) is 58.6 Å². The van der Waals surface area contributed by atoms with E-state index in [2.05, 4.69) is 30.9 Å². The topological polar surface area (TPSA) is 65.2 Å². The third-order valence-electron chi connectivity index (χ3n) is 3.23. The molecule has 0 unspecified atom stereocenters. The fourth-order valence-electron chi connectivity index (χ4n) is 2.01. The molecule has 134 valence electrons. The number of hydrogen-bond donors (Lipinski definition) is 0. The van der Waals surface area contributed by atoms with Crippen LogP contribution in [0, 0.1) is 0 Å². The first-order valence-electron chi connectivity index (χ1n) is 7.31. The third-order valence-corrected chi connectivity index (χ3v) is 4.57. The second kappa shape index (κ2) is 8.41. The summed E-state index contributed by atoms with van der Waals surface area (Å²) in [7, 11) is 0. The number of alkyl halides is 2. The molecule has 0 radical (unpaired) electrons. The van der Waals surface area contributed by atoms with Crippen molar-refractivity contribution in [1.29, 1.82) is 0 Å². The van der Waals surface area contributed by atoms with E-state index < -0.39 is 6.61 Å². The van der Waals surface area contributed by atoms with Crippen molar-refractivity contribution in [2.24, 2.45) is 0 Å². The van der Waals surface area contributed by atoms with Crippen molar-refractivity contribution in [3.63, 3.8) is 0 Å². The van der Waals surface area contributed by atoms with Crippen LogP contribution in [0.5, 0.6) is 5.75 Å². The van der Waals surface area contributed by atoms with Crippen LogP contribution in [0.1, 0.15) is 10.4 Å². The number of carbonyl (C=O) groups excluding carboxylic acids is 1. The summed E-state index contributed by atoms with van der Waals surface area (Å²) in [6, 6.07) is 12.9. The maximum atomic E-state index is 12.2. The van der Waals surface area contributed by atoms with Crippen LogP contribution < -0.4 is 4.74 Å². The van der Waals surface area contributed by atoms with Crippen molar-refractivity contribution in [3.8, 4) is 17.2 Å². The quantitative estimate of drug-likeness (QED) is 0.377. The number of benzene rings is 2. The lowest BCUT2D eigenvalue weighted by Crippen LogP contribution is -2.04. The lowest BCUT2D eigenvalue weighted by Gasteiger charge is -2.04. The van der Waals surface area contributed by atoms with E-state index in [1.807, 2.05) is 24.3 Å². The molecule has 3 rings (SSSR count). The highest BCUT2D eigenvalue weighted by atomic mass is 79.9. The zero-order valence-electron chi connectivity index (χ0n) is 13.1. The average molecular weight is 441 g/mol. The van der Waals surface area contributed by atoms with E-state index in [4.69, 9.17) is 4.42 Å². The number of ether oxygens (including phenoxy) is 1. The Morgan fingerprint density at radius 3 is 2.46 bits per heavy atom. The molecule has 0 aliphatic carbocycles. The first-order chi connectivity index (χ1) is 12.5. The maximum Gasteiger partial charge on any atom is 0.387 e. The SMILES string of the molecule is O=C(CSc1nnc(-c2ccc(Br)cc2)o1)c1ccc(OC(F)F)cc1. The van der Waals surface area contributed by atoms with Crippen LogP contribution in [-0.4, -0.2) is 28.3 Å². The van der Waals surface area contributed by atoms with Gasteiger partial charge in [-0.25, -0.2) is 0 Å². The lowest BCUT2D eigenvalue weighted by atomic mass is 10.1. The zero-order chi connectivity index (χ0) is 18.5. The standard InChI is InChI=1S/C17H11BrF2N2O3S/c18-12-5-1-11(2-6-12)15-21-22-17(25-15)26-9-14(23)10-3-7-13(8-4-10)24-16(19)20/h1-8,16H,9H2. The molecular weight excluding hydrogens is 430 g/mol. The Balaban J connectivity index is 1.58. The first-order valence-corrected chi connectivity index (χ1v) is 9.09. The van der Waals surface area contributed by atoms with E-state index in [1.165, 1.54) is 24.3 Å². The Hall–Kier alpha value is -2.26. The van der Waals surface area contributed by atoms with Gasteiger partial charge in [-0.15, -0.1) is 10.2 Å². The maximum absolute atomic E-state index is 12.2. The number of hydrogen-bond acceptors (Lipinski definition) is 6. The molecule has 0 aliphatic rings. The number of rotatable bonds is 7. The van der Waals surface area contributed by atoms with Crippen LogP contribution in [0.15, 0.2) is 62.6 Å². The van der Waals surface area contributed by atoms with E-state index in [-0.39, 0.29) is 22.5 Å². The average Bonchev–Trinajstić information content (AvgIpc) is 3.09. The van der Waals surface area contributed by atoms with E-state index >= 15 is 0 Å². The normalized spacial score (nSPS) is 10.9. The molecule has 3 aromatic rings. The number of nitrogens with zero attached hydrogens (tertiary/aromatic N) is 2. The highest BCUT2D eigenvalue weighted by Gasteiger charge is 2.13. The molecule has 9 heteroatoms. The summed E-state index contributed by atoms with van der Waals surface area (Å²) in [5, 5.41) is 8.13. The van der Waals surface area contributed by atoms with E-state index in [0.717, 1.165) is 21.8 Å². The van der Waals surface area contributed by atoms with Crippen molar-refractivity contribution in [1.82, 2.24) is 10.2 Å². The second-order valence-corrected chi connectivity index (χ2v) is 6.84. The van der Waals surface area contributed by atoms with Gasteiger partial charge in [-0.05, 0) is 48.5 Å². The zero-order valence-corrected chi connectivity index (χ0v) is 15.5. The molecule has 26 heavy (non-hydrogen) atoms. The molecule has 0 amide bonds. The molecule has 1 aromatic heterocycles. The van der Waals surface area contributed by atoms with Crippen molar-refractivity contribution in [2.45, 2.75) is 11.8 Å². The van der Waals surface area contributed by atoms with Gasteiger partial charge in [0, 0.05) is 15.6 Å². The Bertz CT molecular complexity index is 886. The van der Waals surface area contributed by atoms with Crippen LogP contribution >= 0.6 is 27.7 Å². The molecule has 0 N–H and O–H groups in total. The Labute approximate surface area is 159 Å². The van der Waals surface area contributed by atoms with Gasteiger partial charge in [-0.1, -0.05) is 27.7 Å². The molecule has 5 nitrogen and oxygen atoms in total. The van der Waals surface area contributed by atoms with Crippen LogP contribution in [0.25, 0.3) is 11.5 Å². The van der Waals surface area contributed by atoms with Crippen LogP contribution in [-0.2, 0) is 0 Å². The van der Waals surface area contributed by atoms with Gasteiger partial charge in [0.05, 0.1) is 5.75 Å². The third kappa shape index (κ3) is 4.89. The smallest absolute Gasteiger partial charge is 0.387 e. The number of carbonyl (C=O) groups is 1. The molecular formula is C17H11BrF2N2O3S. The summed E-state index contributed by atoms with van der Waals surface area (Å²) in [6.45, 7) is -2.90. The van der Waals surface area contributed by atoms with Gasteiger partial charge >= 0.3 is 6.61 Å². The summed E-state index contributed by atoms with van der Waals surface area (Å²) in [5.41, 5.74) is 1.15. The van der Waals surface area contributed by atoms with Crippen LogP contribution in [0.3, 0.4) is 0 Å². The molecule has 0 fully saturated rings. The highest BCUT2D eigenvalue weighted by Crippen LogP contribution is 2.25. The summed E-state index contributed by atoms with van der Waals surface area (Å²) in [6.07, 6.45) is 0. The summed E-state index contributed by atoms with van der Waals surface area (Å²) in [4.78, 5) is 12.2. The minimum absolute atomic E-state index is 0.000226. The lowest BCUT2D eigenvalue weighted by molar-refractivity contribution is -0.0498. The molecule has 2 aromatic carbocycles. The van der Waals surface area contributed by atoms with Gasteiger partial charge in [0.15, 0.2) is 5.78 Å². The number of thioether (sulfide) groups is 1. The number of Topliss-reactive ketones (excluding diaryl/α,β-unsaturated/α-hetero) is 1. The van der Waals surface area contributed by atoms with Gasteiger partial charge in [-0.2, -0.15) is 8.78 Å². The number of aromatic nitrogens is 2. The van der Waals surface area contributed by atoms with Gasteiger partial charge in [0.25, 0.3) is 5.22 Å². The molecule has 0 aliphatic heterocycles. The van der Waals surface area contributed by atoms with Gasteiger partial charge in [0.1, 0.15) is 5.75 Å². The number of ketones is 1. The minimum atomic E-state index is -2.90. The molecule has 0 saturated heterocycles. The molecule has 0 saturated carbocycles. The summed E-state index contributed by atoms with van der Waals surface area (Å²) in [5.74, 6) is 0.250. The monoisotopic (exact) mass is 440 g/mol. The fraction of sp³-hybridized carbons (Fsp3) is 0.118. The van der Waals surface area contributed by atoms with E-state index in [1.54, 1.807) is 0 Å². The number of halogens is 3. The Morgan fingerprint density at radius 1 is 1.12 bits per heavy atom. The highest BCUT2D eigenvalue weighted by molar-refractivity contribution is 9.10. The van der Waals surface area contributed by atoms with Gasteiger partial charge in [-0.3, -0.25) is 4.79 Å². The molecule has 0 atom stereocenters. The van der Waals surface area contributed by atoms with Crippen LogP contribution in [0.2, 0.25) is 0 Å². The summed E-state index contributed by atoms with van der Waals surface area (Å²) < 4.78 is 34.9. The predicted octanol–water partition coefficient (Wildman–Crippen LogP) is 5.08. The molecule has 1 heterocycles. The van der Waals surface area contributed by atoms with Gasteiger partial charge in [0.2, 0.25) is 5.89 Å². The van der Waals surface area contributed by atoms with Gasteiger partial charge < -0.3 is 9.15 Å². The molecule has 0 bridgehead atoms. The van der Waals surface area contributed by atoms with Crippen molar-refractivity contribution < 1.29 is 22.7 Å². The first kappa shape index (κ1) is 18.5. The van der Waals surface area contributed by atoms with E-state index in [9.17, 15) is 13.6 Å².